The van der Waals surface area contributed by atoms with Gasteiger partial charge in [0.25, 0.3) is 0 Å². The lowest BCUT2D eigenvalue weighted by Gasteiger charge is -2.30. The number of rotatable bonds is 5. The van der Waals surface area contributed by atoms with Crippen LogP contribution in [0.4, 0.5) is 5.69 Å². The summed E-state index contributed by atoms with van der Waals surface area (Å²) >= 11 is 1.68. The van der Waals surface area contributed by atoms with Gasteiger partial charge in [-0.25, -0.2) is 4.79 Å². The molecule has 3 aromatic rings. The maximum absolute atomic E-state index is 13.5. The molecule has 28 heavy (non-hydrogen) atoms. The molecule has 4 fully saturated rings. The van der Waals surface area contributed by atoms with E-state index in [0.717, 1.165) is 42.7 Å². The number of ether oxygens (including phenoxy) is 1. The predicted molar refractivity (Wildman–Crippen MR) is 111 cm³/mol. The topological polar surface area (TPSA) is 41.6 Å². The van der Waals surface area contributed by atoms with Gasteiger partial charge in [0.1, 0.15) is 5.60 Å². The third-order valence-electron chi connectivity index (χ3n) is 6.75. The number of benzene rings is 2. The first-order chi connectivity index (χ1) is 13.7. The van der Waals surface area contributed by atoms with Gasteiger partial charge in [-0.05, 0) is 41.9 Å². The van der Waals surface area contributed by atoms with Crippen molar-refractivity contribution in [1.29, 1.82) is 0 Å². The fraction of sp³-hybridized carbons (Fsp3) is 0.348. The number of anilines is 1. The molecule has 0 spiro atoms. The molecule has 3 aliphatic heterocycles. The van der Waals surface area contributed by atoms with E-state index in [1.165, 1.54) is 4.70 Å². The molecule has 1 aliphatic carbocycles. The van der Waals surface area contributed by atoms with Gasteiger partial charge >= 0.3 is 5.97 Å². The summed E-state index contributed by atoms with van der Waals surface area (Å²) < 4.78 is 7.47. The SMILES string of the molecule is O=C(OC12CN3CCC1C2C3)C(Nc1ccccc1)c1csc2ccccc12. The highest BCUT2D eigenvalue weighted by atomic mass is 32.1. The molecule has 142 valence electrons. The fourth-order valence-corrected chi connectivity index (χ4v) is 6.32. The van der Waals surface area contributed by atoms with Crippen molar-refractivity contribution in [2.45, 2.75) is 18.1 Å². The third kappa shape index (κ3) is 2.43. The van der Waals surface area contributed by atoms with Crippen LogP contribution in [-0.2, 0) is 9.53 Å². The van der Waals surface area contributed by atoms with Gasteiger partial charge in [0.05, 0.1) is 0 Å². The van der Waals surface area contributed by atoms with Gasteiger partial charge in [-0.1, -0.05) is 36.4 Å². The second-order valence-corrected chi connectivity index (χ2v) is 9.15. The van der Waals surface area contributed by atoms with Crippen LogP contribution in [0.25, 0.3) is 10.1 Å². The zero-order valence-corrected chi connectivity index (χ0v) is 16.3. The molecule has 4 aliphatic rings. The van der Waals surface area contributed by atoms with E-state index in [-0.39, 0.29) is 11.6 Å². The largest absolute Gasteiger partial charge is 0.455 e. The summed E-state index contributed by atoms with van der Waals surface area (Å²) in [7, 11) is 0. The minimum atomic E-state index is -0.497. The van der Waals surface area contributed by atoms with Crippen molar-refractivity contribution in [2.24, 2.45) is 11.8 Å². The molecule has 0 amide bonds. The average Bonchev–Trinajstić information content (AvgIpc) is 3.03. The van der Waals surface area contributed by atoms with E-state index in [9.17, 15) is 4.79 Å². The second-order valence-electron chi connectivity index (χ2n) is 8.24. The van der Waals surface area contributed by atoms with Crippen LogP contribution in [0.5, 0.6) is 0 Å². The van der Waals surface area contributed by atoms with Crippen LogP contribution in [0.2, 0.25) is 0 Å². The summed E-state index contributed by atoms with van der Waals surface area (Å²) in [5.74, 6) is 0.962. The number of carbonyl (C=O) groups is 1. The summed E-state index contributed by atoms with van der Waals surface area (Å²) in [6.45, 7) is 3.16. The number of para-hydroxylation sites is 1. The number of piperidine rings is 3. The lowest BCUT2D eigenvalue weighted by molar-refractivity contribution is -0.154. The summed E-state index contributed by atoms with van der Waals surface area (Å²) in [5.41, 5.74) is 1.71. The van der Waals surface area contributed by atoms with Crippen molar-refractivity contribution >= 4 is 33.1 Å². The lowest BCUT2D eigenvalue weighted by Crippen LogP contribution is -2.40. The molecule has 7 rings (SSSR count). The first kappa shape index (κ1) is 16.6. The smallest absolute Gasteiger partial charge is 0.333 e. The van der Waals surface area contributed by atoms with Crippen LogP contribution in [-0.4, -0.2) is 36.1 Å². The van der Waals surface area contributed by atoms with Crippen LogP contribution in [0.15, 0.2) is 60.0 Å². The number of hydrogen-bond donors (Lipinski definition) is 1. The Kier molecular flexibility index (Phi) is 3.59. The first-order valence-corrected chi connectivity index (χ1v) is 10.9. The Morgan fingerprint density at radius 1 is 1.14 bits per heavy atom. The van der Waals surface area contributed by atoms with Crippen molar-refractivity contribution in [3.05, 3.63) is 65.5 Å². The Labute approximate surface area is 168 Å². The Hall–Kier alpha value is -2.37. The first-order valence-electron chi connectivity index (χ1n) is 9.97. The second kappa shape index (κ2) is 6.06. The Morgan fingerprint density at radius 2 is 1.96 bits per heavy atom. The van der Waals surface area contributed by atoms with E-state index in [1.807, 2.05) is 42.5 Å². The van der Waals surface area contributed by atoms with Crippen LogP contribution in [0.1, 0.15) is 18.0 Å². The molecule has 4 bridgehead atoms. The van der Waals surface area contributed by atoms with E-state index in [2.05, 4.69) is 27.7 Å². The molecule has 5 atom stereocenters. The Bertz CT molecular complexity index is 1040. The molecule has 1 saturated carbocycles. The maximum Gasteiger partial charge on any atom is 0.333 e. The zero-order chi connectivity index (χ0) is 18.7. The van der Waals surface area contributed by atoms with E-state index < -0.39 is 6.04 Å². The number of carbonyl (C=O) groups excluding carboxylic acids is 1. The average molecular weight is 391 g/mol. The van der Waals surface area contributed by atoms with Crippen LogP contribution in [0, 0.1) is 11.8 Å². The summed E-state index contributed by atoms with van der Waals surface area (Å²) in [6.07, 6.45) is 1.16. The van der Waals surface area contributed by atoms with Crippen molar-refractivity contribution < 1.29 is 9.53 Å². The molecule has 4 nitrogen and oxygen atoms in total. The molecule has 1 aromatic heterocycles. The van der Waals surface area contributed by atoms with E-state index in [1.54, 1.807) is 11.3 Å². The maximum atomic E-state index is 13.5. The van der Waals surface area contributed by atoms with Gasteiger partial charge in [0, 0.05) is 40.9 Å². The predicted octanol–water partition coefficient (Wildman–Crippen LogP) is 4.30. The highest BCUT2D eigenvalue weighted by Crippen LogP contribution is 2.63. The molecule has 5 heteroatoms. The molecule has 2 aromatic carbocycles. The molecule has 1 N–H and O–H groups in total. The highest BCUT2D eigenvalue weighted by Gasteiger charge is 2.74. The lowest BCUT2D eigenvalue weighted by atomic mass is 10.0. The molecule has 0 radical (unpaired) electrons. The number of esters is 1. The van der Waals surface area contributed by atoms with Crippen molar-refractivity contribution in [2.75, 3.05) is 25.0 Å². The zero-order valence-electron chi connectivity index (χ0n) is 15.5. The number of thiophene rings is 1. The van der Waals surface area contributed by atoms with Crippen LogP contribution >= 0.6 is 11.3 Å². The Balaban J connectivity index is 1.34. The summed E-state index contributed by atoms with van der Waals surface area (Å²) in [4.78, 5) is 15.9. The number of hydrogen-bond acceptors (Lipinski definition) is 5. The van der Waals surface area contributed by atoms with Crippen molar-refractivity contribution in [1.82, 2.24) is 4.90 Å². The minimum Gasteiger partial charge on any atom is -0.455 e. The third-order valence-corrected chi connectivity index (χ3v) is 7.73. The monoisotopic (exact) mass is 390 g/mol. The highest BCUT2D eigenvalue weighted by molar-refractivity contribution is 7.17. The Morgan fingerprint density at radius 3 is 2.71 bits per heavy atom. The molecular formula is C23H22N2O2S. The van der Waals surface area contributed by atoms with Gasteiger partial charge in [-0.3, -0.25) is 4.90 Å². The van der Waals surface area contributed by atoms with Gasteiger partial charge in [-0.2, -0.15) is 0 Å². The normalized spacial score (nSPS) is 30.8. The number of fused-ring (bicyclic) bond motifs is 2. The van der Waals surface area contributed by atoms with E-state index >= 15 is 0 Å². The van der Waals surface area contributed by atoms with Gasteiger partial charge < -0.3 is 10.1 Å². The van der Waals surface area contributed by atoms with E-state index in [4.69, 9.17) is 4.74 Å². The van der Waals surface area contributed by atoms with Crippen LogP contribution in [0.3, 0.4) is 0 Å². The van der Waals surface area contributed by atoms with E-state index in [0.29, 0.717) is 11.8 Å². The molecule has 4 heterocycles. The summed E-state index contributed by atoms with van der Waals surface area (Å²) in [6, 6.07) is 17.7. The van der Waals surface area contributed by atoms with Gasteiger partial charge in [-0.15, -0.1) is 11.3 Å². The standard InChI is InChI=1S/C23H22N2O2S/c26-22(27-23-14-25-11-10-18(23)19(23)12-25)21(24-15-6-2-1-3-7-15)17-13-28-20-9-5-4-8-16(17)20/h1-9,13,18-19,21,24H,10-12,14H2. The molecule has 5 unspecified atom stereocenters. The summed E-state index contributed by atoms with van der Waals surface area (Å²) in [5, 5.41) is 6.67. The van der Waals surface area contributed by atoms with Crippen molar-refractivity contribution in [3.63, 3.8) is 0 Å². The number of nitrogens with zero attached hydrogens (tertiary/aromatic N) is 1. The van der Waals surface area contributed by atoms with Gasteiger partial charge in [0.15, 0.2) is 6.04 Å². The van der Waals surface area contributed by atoms with Crippen molar-refractivity contribution in [3.8, 4) is 0 Å². The molecular weight excluding hydrogens is 368 g/mol. The fourth-order valence-electron chi connectivity index (χ4n) is 5.34. The van der Waals surface area contributed by atoms with Gasteiger partial charge in [0.2, 0.25) is 0 Å². The molecule has 3 saturated heterocycles. The van der Waals surface area contributed by atoms with Crippen LogP contribution < -0.4 is 5.32 Å². The minimum absolute atomic E-state index is 0.149. The number of nitrogens with one attached hydrogen (secondary N) is 1. The quantitative estimate of drug-likeness (QED) is 0.660.